The van der Waals surface area contributed by atoms with E-state index < -0.39 is 0 Å². The van der Waals surface area contributed by atoms with Gasteiger partial charge in [-0.1, -0.05) is 0 Å². The second-order valence-corrected chi connectivity index (χ2v) is 1.83. The first-order valence-corrected chi connectivity index (χ1v) is 2.64. The number of rotatable bonds is 0. The first kappa shape index (κ1) is 4.49. The van der Waals surface area contributed by atoms with E-state index in [1.807, 2.05) is 0 Å². The van der Waals surface area contributed by atoms with Crippen LogP contribution in [0, 0.1) is 0 Å². The summed E-state index contributed by atoms with van der Waals surface area (Å²) < 4.78 is 1.50. The van der Waals surface area contributed by atoms with Crippen LogP contribution in [-0.4, -0.2) is 9.55 Å². The summed E-state index contributed by atoms with van der Waals surface area (Å²) in [6.45, 7) is 0. The van der Waals surface area contributed by atoms with Crippen molar-refractivity contribution in [3.8, 4) is 0 Å². The normalized spacial score (nSPS) is 12.4. The minimum atomic E-state index is -0.0116. The highest BCUT2D eigenvalue weighted by atomic mass is 16.1. The number of nitrogens with zero attached hydrogens (tertiary/aromatic N) is 2. The quantitative estimate of drug-likeness (QED) is 0.497. The van der Waals surface area contributed by atoms with Gasteiger partial charge in [0.15, 0.2) is 0 Å². The minimum absolute atomic E-state index is 0.0116. The van der Waals surface area contributed by atoms with E-state index in [2.05, 4.69) is 4.98 Å². The molecule has 3 nitrogen and oxygen atoms in total. The number of hydrogen-bond acceptors (Lipinski definition) is 2. The van der Waals surface area contributed by atoms with Gasteiger partial charge in [0.2, 0.25) is 0 Å². The molecule has 0 bridgehead atoms. The third-order valence-corrected chi connectivity index (χ3v) is 1.28. The van der Waals surface area contributed by atoms with Gasteiger partial charge in [-0.2, -0.15) is 0 Å². The molecule has 0 N–H and O–H groups in total. The Bertz CT molecular complexity index is 324. The fraction of sp³-hybridized carbons (Fsp3) is 0. The maximum Gasteiger partial charge on any atom is 0.257 e. The lowest BCUT2D eigenvalue weighted by Crippen LogP contribution is -2.21. The molecule has 1 aromatic heterocycles. The third-order valence-electron chi connectivity index (χ3n) is 1.28. The summed E-state index contributed by atoms with van der Waals surface area (Å²) in [7, 11) is 0. The van der Waals surface area contributed by atoms with E-state index in [0.717, 1.165) is 5.82 Å². The molecule has 9 heavy (non-hydrogen) atoms. The van der Waals surface area contributed by atoms with E-state index in [1.165, 1.54) is 16.8 Å². The molecule has 3 heteroatoms. The van der Waals surface area contributed by atoms with E-state index in [1.54, 1.807) is 12.3 Å². The highest BCUT2D eigenvalue weighted by Crippen LogP contribution is 2.05. The summed E-state index contributed by atoms with van der Waals surface area (Å²) >= 11 is 0. The fourth-order valence-electron chi connectivity index (χ4n) is 0.765. The molecule has 0 aliphatic carbocycles. The Balaban J connectivity index is 2.85. The van der Waals surface area contributed by atoms with Crippen LogP contribution < -0.4 is 5.56 Å². The molecule has 1 aliphatic heterocycles. The molecule has 44 valence electrons. The lowest BCUT2D eigenvalue weighted by atomic mass is 10.4. The Morgan fingerprint density at radius 1 is 1.56 bits per heavy atom. The SMILES string of the molecule is O=c1ccnc2n1C=C2. The van der Waals surface area contributed by atoms with Crippen LogP contribution in [0.4, 0.5) is 0 Å². The maximum atomic E-state index is 10.8. The third kappa shape index (κ3) is 0.455. The van der Waals surface area contributed by atoms with E-state index in [-0.39, 0.29) is 5.56 Å². The summed E-state index contributed by atoms with van der Waals surface area (Å²) in [5.74, 6) is 0.738. The van der Waals surface area contributed by atoms with Crippen molar-refractivity contribution in [1.29, 1.82) is 0 Å². The zero-order valence-corrected chi connectivity index (χ0v) is 4.61. The number of fused-ring (bicyclic) bond motifs is 1. The second kappa shape index (κ2) is 1.31. The molecule has 0 atom stereocenters. The van der Waals surface area contributed by atoms with Crippen LogP contribution in [0.3, 0.4) is 0 Å². The lowest BCUT2D eigenvalue weighted by molar-refractivity contribution is 0.937. The van der Waals surface area contributed by atoms with Gasteiger partial charge in [-0.3, -0.25) is 9.36 Å². The minimum Gasteiger partial charge on any atom is -0.269 e. The molecule has 0 saturated heterocycles. The van der Waals surface area contributed by atoms with Crippen molar-refractivity contribution in [2.24, 2.45) is 0 Å². The van der Waals surface area contributed by atoms with Crippen molar-refractivity contribution in [3.05, 3.63) is 28.4 Å². The van der Waals surface area contributed by atoms with E-state index >= 15 is 0 Å². The predicted octanol–water partition coefficient (Wildman–Crippen LogP) is 0.185. The van der Waals surface area contributed by atoms with E-state index in [0.29, 0.717) is 0 Å². The van der Waals surface area contributed by atoms with Crippen molar-refractivity contribution in [1.82, 2.24) is 9.55 Å². The summed E-state index contributed by atoms with van der Waals surface area (Å²) in [5.41, 5.74) is -0.0116. The average molecular weight is 120 g/mol. The Kier molecular flexibility index (Phi) is 0.656. The molecular weight excluding hydrogens is 116 g/mol. The lowest BCUT2D eigenvalue weighted by Gasteiger charge is -2.08. The largest absolute Gasteiger partial charge is 0.269 e. The summed E-state index contributed by atoms with van der Waals surface area (Å²) in [6, 6.07) is 1.44. The van der Waals surface area contributed by atoms with Gasteiger partial charge in [-0.05, 0) is 6.08 Å². The van der Waals surface area contributed by atoms with Gasteiger partial charge in [0.05, 0.1) is 0 Å². The van der Waals surface area contributed by atoms with Gasteiger partial charge in [-0.25, -0.2) is 4.98 Å². The number of hydrogen-bond donors (Lipinski definition) is 0. The molecule has 1 aliphatic rings. The molecule has 0 spiro atoms. The molecule has 0 saturated carbocycles. The van der Waals surface area contributed by atoms with Crippen molar-refractivity contribution < 1.29 is 0 Å². The van der Waals surface area contributed by atoms with Crippen LogP contribution in [0.1, 0.15) is 5.82 Å². The Morgan fingerprint density at radius 2 is 2.44 bits per heavy atom. The van der Waals surface area contributed by atoms with Gasteiger partial charge in [0.1, 0.15) is 5.82 Å². The van der Waals surface area contributed by atoms with Crippen LogP contribution in [0.15, 0.2) is 17.1 Å². The van der Waals surface area contributed by atoms with Crippen molar-refractivity contribution in [3.63, 3.8) is 0 Å². The predicted molar refractivity (Wildman–Crippen MR) is 33.7 cm³/mol. The summed E-state index contributed by atoms with van der Waals surface area (Å²) in [5, 5.41) is 0. The average Bonchev–Trinajstić information content (AvgIpc) is 1.74. The van der Waals surface area contributed by atoms with Crippen molar-refractivity contribution >= 4 is 12.3 Å². The molecule has 2 heterocycles. The second-order valence-electron chi connectivity index (χ2n) is 1.83. The van der Waals surface area contributed by atoms with Crippen molar-refractivity contribution in [2.75, 3.05) is 0 Å². The van der Waals surface area contributed by atoms with Gasteiger partial charge in [0, 0.05) is 18.5 Å². The van der Waals surface area contributed by atoms with Gasteiger partial charge in [-0.15, -0.1) is 0 Å². The number of aromatic nitrogens is 2. The first-order chi connectivity index (χ1) is 4.38. The monoisotopic (exact) mass is 120 g/mol. The van der Waals surface area contributed by atoms with E-state index in [4.69, 9.17) is 0 Å². The Morgan fingerprint density at radius 3 is 2.89 bits per heavy atom. The molecule has 1 aromatic rings. The maximum absolute atomic E-state index is 10.8. The molecule has 2 rings (SSSR count). The molecule has 0 amide bonds. The van der Waals surface area contributed by atoms with Gasteiger partial charge >= 0.3 is 0 Å². The van der Waals surface area contributed by atoms with Crippen LogP contribution in [0.2, 0.25) is 0 Å². The fourth-order valence-corrected chi connectivity index (χ4v) is 0.765. The molecule has 0 unspecified atom stereocenters. The van der Waals surface area contributed by atoms with Gasteiger partial charge in [0.25, 0.3) is 5.56 Å². The molecule has 0 fully saturated rings. The van der Waals surface area contributed by atoms with Crippen LogP contribution in [0.5, 0.6) is 0 Å². The smallest absolute Gasteiger partial charge is 0.257 e. The molecule has 0 aromatic carbocycles. The molecule has 0 radical (unpaired) electrons. The Labute approximate surface area is 51.3 Å². The summed E-state index contributed by atoms with van der Waals surface area (Å²) in [4.78, 5) is 14.7. The zero-order chi connectivity index (χ0) is 6.27. The Hall–Kier alpha value is -1.38. The van der Waals surface area contributed by atoms with Crippen molar-refractivity contribution in [2.45, 2.75) is 0 Å². The van der Waals surface area contributed by atoms with Gasteiger partial charge < -0.3 is 0 Å². The highest BCUT2D eigenvalue weighted by Gasteiger charge is 2.04. The van der Waals surface area contributed by atoms with Crippen LogP contribution in [-0.2, 0) is 0 Å². The molecular formula is C6H4N2O. The van der Waals surface area contributed by atoms with Crippen LogP contribution in [0.25, 0.3) is 12.3 Å². The summed E-state index contributed by atoms with van der Waals surface area (Å²) in [6.07, 6.45) is 5.00. The van der Waals surface area contributed by atoms with Crippen LogP contribution >= 0.6 is 0 Å². The zero-order valence-electron chi connectivity index (χ0n) is 4.61. The first-order valence-electron chi connectivity index (χ1n) is 2.64. The topological polar surface area (TPSA) is 34.9 Å². The standard InChI is InChI=1S/C6H4N2O/c9-6-1-3-7-5-2-4-8(5)6/h1-4H. The van der Waals surface area contributed by atoms with E-state index in [9.17, 15) is 4.79 Å². The highest BCUT2D eigenvalue weighted by molar-refractivity contribution is 5.65.